The summed E-state index contributed by atoms with van der Waals surface area (Å²) in [6.45, 7) is 27.2. The molecule has 12 heterocycles. The van der Waals surface area contributed by atoms with Crippen molar-refractivity contribution in [1.82, 2.24) is 39.2 Å². The number of rotatable bonds is 28. The van der Waals surface area contributed by atoms with Crippen LogP contribution in [0.3, 0.4) is 0 Å². The van der Waals surface area contributed by atoms with Crippen molar-refractivity contribution < 1.29 is 37.9 Å². The van der Waals surface area contributed by atoms with Crippen LogP contribution in [0.1, 0.15) is 269 Å². The number of fused-ring (bicyclic) bond motifs is 12. The normalized spacial score (nSPS) is 23.9. The first-order valence-electron chi connectivity index (χ1n) is 48.8. The molecule has 20 rings (SSSR count). The predicted octanol–water partition coefficient (Wildman–Crippen LogP) is 20.9. The Bertz CT molecular complexity index is 4280. The zero-order valence-corrected chi connectivity index (χ0v) is 75.6. The molecule has 8 aromatic carbocycles. The van der Waals surface area contributed by atoms with Gasteiger partial charge >= 0.3 is 0 Å². The lowest BCUT2D eigenvalue weighted by atomic mass is 9.81. The molecule has 8 atom stereocenters. The third-order valence-corrected chi connectivity index (χ3v) is 29.7. The van der Waals surface area contributed by atoms with Gasteiger partial charge in [-0.3, -0.25) is 19.6 Å². The van der Waals surface area contributed by atoms with Crippen LogP contribution in [0.4, 0.5) is 0 Å². The van der Waals surface area contributed by atoms with Crippen molar-refractivity contribution in [2.75, 3.05) is 186 Å². The van der Waals surface area contributed by atoms with Gasteiger partial charge in [0.25, 0.3) is 0 Å². The van der Waals surface area contributed by atoms with Crippen LogP contribution in [0.25, 0.3) is 0 Å². The van der Waals surface area contributed by atoms with Gasteiger partial charge in [-0.1, -0.05) is 111 Å². The average Bonchev–Trinajstić information content (AvgIpc) is 1.34. The minimum absolute atomic E-state index is 0.355. The van der Waals surface area contributed by atoms with Crippen molar-refractivity contribution in [2.45, 2.75) is 202 Å². The Morgan fingerprint density at radius 2 is 0.508 bits per heavy atom. The van der Waals surface area contributed by atoms with Crippen molar-refractivity contribution in [1.29, 1.82) is 0 Å². The smallest absolute Gasteiger partial charge is 0.123 e. The molecule has 8 aromatic rings. The van der Waals surface area contributed by atoms with E-state index in [9.17, 15) is 0 Å². The quantitative estimate of drug-likeness (QED) is 0.0435. The van der Waals surface area contributed by atoms with Crippen molar-refractivity contribution in [3.05, 3.63) is 237 Å². The van der Waals surface area contributed by atoms with E-state index in [0.717, 1.165) is 137 Å². The second-order valence-electron chi connectivity index (χ2n) is 37.4. The fraction of sp³-hybridized carbons (Fsp3) is 0.556. The zero-order chi connectivity index (χ0) is 84.2. The lowest BCUT2D eigenvalue weighted by Crippen LogP contribution is -2.35. The van der Waals surface area contributed by atoms with E-state index in [0.29, 0.717) is 47.8 Å². The molecular formula is C108H144N8O8. The maximum atomic E-state index is 6.47. The molecule has 0 spiro atoms. The molecule has 0 bridgehead atoms. The van der Waals surface area contributed by atoms with Crippen LogP contribution in [0.15, 0.2) is 170 Å². The van der Waals surface area contributed by atoms with Gasteiger partial charge in [-0.2, -0.15) is 0 Å². The van der Waals surface area contributed by atoms with E-state index in [1.807, 2.05) is 0 Å². The number of benzene rings is 8. The van der Waals surface area contributed by atoms with Crippen molar-refractivity contribution >= 4 is 0 Å². The Balaban J connectivity index is 0.000000117. The molecule has 0 saturated carbocycles. The highest BCUT2D eigenvalue weighted by atomic mass is 16.5. The van der Waals surface area contributed by atoms with E-state index in [4.69, 9.17) is 37.9 Å². The summed E-state index contributed by atoms with van der Waals surface area (Å²) in [6, 6.07) is 64.0. The monoisotopic (exact) mass is 1680 g/mol. The number of methoxy groups -OCH3 is 4. The first kappa shape index (κ1) is 87.9. The van der Waals surface area contributed by atoms with E-state index in [-0.39, 0.29) is 0 Å². The van der Waals surface area contributed by atoms with Gasteiger partial charge in [-0.25, -0.2) is 0 Å². The van der Waals surface area contributed by atoms with Gasteiger partial charge in [-0.15, -0.1) is 0 Å². The van der Waals surface area contributed by atoms with Gasteiger partial charge in [-0.05, 0) is 348 Å². The Morgan fingerprint density at radius 3 is 0.806 bits per heavy atom. The predicted molar refractivity (Wildman–Crippen MR) is 501 cm³/mol. The first-order chi connectivity index (χ1) is 61.3. The Hall–Kier alpha value is -8.16. The molecular weight excluding hydrogens is 1540 g/mol. The summed E-state index contributed by atoms with van der Waals surface area (Å²) in [6.07, 6.45) is 31.1. The molecule has 0 aliphatic carbocycles. The van der Waals surface area contributed by atoms with Crippen molar-refractivity contribution in [3.63, 3.8) is 0 Å². The van der Waals surface area contributed by atoms with E-state index in [1.165, 1.54) is 287 Å². The van der Waals surface area contributed by atoms with Crippen LogP contribution in [0.2, 0.25) is 0 Å². The highest BCUT2D eigenvalue weighted by Gasteiger charge is 2.43. The van der Waals surface area contributed by atoms with Gasteiger partial charge in [0.2, 0.25) is 0 Å². The van der Waals surface area contributed by atoms with Gasteiger partial charge in [0.05, 0.1) is 54.9 Å². The molecule has 16 nitrogen and oxygen atoms in total. The van der Waals surface area contributed by atoms with Crippen LogP contribution in [0.5, 0.6) is 46.0 Å². The maximum absolute atomic E-state index is 6.47. The third kappa shape index (κ3) is 21.8. The number of likely N-dealkylation sites (tertiary alicyclic amines) is 4. The SMILES string of the molecule is COc1ccc([C@@H]2CN3CCC[C@H]3c3cc(OCCCN4CCCCC4)ccc32)cc1.COc1ccc([C@@H]2CN3CCC[C@H]3c3cccc(OCCCN4CCCCC4)c32)cc1.COc1ccc([C@H]2CN3CCC[C@H]3c3cc(OCCCN4CCCCC4)ccc32)cc1.COc1ccc([C@H]2CN3CCC[C@H]3c3cccc(OCCCN4CCCCC4)c32)cc1. The summed E-state index contributed by atoms with van der Waals surface area (Å²) in [7, 11) is 6.92. The van der Waals surface area contributed by atoms with E-state index >= 15 is 0 Å². The highest BCUT2D eigenvalue weighted by molar-refractivity contribution is 5.55. The fourth-order valence-corrected chi connectivity index (χ4v) is 23.2. The number of ether oxygens (including phenoxy) is 8. The molecule has 0 unspecified atom stereocenters. The van der Waals surface area contributed by atoms with E-state index < -0.39 is 0 Å². The summed E-state index contributed by atoms with van der Waals surface area (Å²) in [5, 5.41) is 0. The van der Waals surface area contributed by atoms with Gasteiger partial charge in [0.1, 0.15) is 46.0 Å². The van der Waals surface area contributed by atoms with Gasteiger partial charge in [0.15, 0.2) is 0 Å². The standard InChI is InChI=1S/4C27H36N2O2/c2*1-30-22-13-11-21(12-14-22)24-20-29-18-6-9-25(29)23-8-5-10-26(27(23)24)31-19-7-17-28-15-3-2-4-16-28;2*1-30-22-10-8-21(9-11-22)26-20-29-17-5-7-27(29)25-19-23(12-13-24(25)26)31-18-6-16-28-14-3-2-4-15-28/h2*5,8,10-14,24-25H,2-4,6-7,9,15-20H2,1H3;2*8-13,19,26-27H,2-7,14-18,20H2,1H3/t24-,25+;24-,25-;26-,27+;26-,27-/m1010/s1. The summed E-state index contributed by atoms with van der Waals surface area (Å²) in [4.78, 5) is 21.1. The molecule has 16 heteroatoms. The van der Waals surface area contributed by atoms with Crippen LogP contribution in [-0.2, 0) is 0 Å². The van der Waals surface area contributed by atoms with Crippen LogP contribution in [0, 0.1) is 0 Å². The van der Waals surface area contributed by atoms with E-state index in [1.54, 1.807) is 28.4 Å². The molecule has 12 aliphatic rings. The summed E-state index contributed by atoms with van der Waals surface area (Å²) in [5.74, 6) is 9.52. The lowest BCUT2D eigenvalue weighted by molar-refractivity contribution is 0.200. The molecule has 664 valence electrons. The lowest BCUT2D eigenvalue weighted by Gasteiger charge is -2.38. The number of nitrogens with zero attached hydrogens (tertiary/aromatic N) is 8. The fourth-order valence-electron chi connectivity index (χ4n) is 23.2. The molecule has 0 aromatic heterocycles. The van der Waals surface area contributed by atoms with Crippen LogP contribution in [-0.4, -0.2) is 225 Å². The summed E-state index contributed by atoms with van der Waals surface area (Å²) in [5.41, 5.74) is 17.2. The molecule has 8 saturated heterocycles. The topological polar surface area (TPSA) is 99.8 Å². The van der Waals surface area contributed by atoms with Crippen molar-refractivity contribution in [3.8, 4) is 46.0 Å². The largest absolute Gasteiger partial charge is 0.497 e. The molecule has 124 heavy (non-hydrogen) atoms. The minimum Gasteiger partial charge on any atom is -0.497 e. The Morgan fingerprint density at radius 1 is 0.242 bits per heavy atom. The second-order valence-corrected chi connectivity index (χ2v) is 37.4. The maximum Gasteiger partial charge on any atom is 0.123 e. The number of hydrogen-bond donors (Lipinski definition) is 0. The zero-order valence-electron chi connectivity index (χ0n) is 75.6. The Labute approximate surface area is 743 Å². The highest BCUT2D eigenvalue weighted by Crippen LogP contribution is 2.52. The number of hydrogen-bond acceptors (Lipinski definition) is 16. The van der Waals surface area contributed by atoms with Gasteiger partial charge in [0, 0.05) is 111 Å². The van der Waals surface area contributed by atoms with E-state index in [2.05, 4.69) is 209 Å². The average molecular weight is 1680 g/mol. The minimum atomic E-state index is 0.355. The number of piperidine rings is 4. The second kappa shape index (κ2) is 44.0. The molecule has 0 amide bonds. The Kier molecular flexibility index (Phi) is 31.2. The summed E-state index contributed by atoms with van der Waals surface area (Å²) >= 11 is 0. The molecule has 8 fully saturated rings. The third-order valence-electron chi connectivity index (χ3n) is 29.7. The van der Waals surface area contributed by atoms with Crippen molar-refractivity contribution in [2.24, 2.45) is 0 Å². The molecule has 0 N–H and O–H groups in total. The van der Waals surface area contributed by atoms with Crippen LogP contribution < -0.4 is 37.9 Å². The van der Waals surface area contributed by atoms with Gasteiger partial charge < -0.3 is 57.5 Å². The van der Waals surface area contributed by atoms with Crippen LogP contribution >= 0.6 is 0 Å². The molecule has 0 radical (unpaired) electrons. The molecule has 12 aliphatic heterocycles. The summed E-state index contributed by atoms with van der Waals surface area (Å²) < 4.78 is 46.9. The first-order valence-corrected chi connectivity index (χ1v) is 48.8.